The Kier molecular flexibility index (Phi) is 1.82. The van der Waals surface area contributed by atoms with Crippen molar-refractivity contribution in [3.05, 3.63) is 18.2 Å². The van der Waals surface area contributed by atoms with Gasteiger partial charge in [-0.05, 0) is 11.6 Å². The number of rotatable bonds is 1. The zero-order chi connectivity index (χ0) is 7.56. The van der Waals surface area contributed by atoms with Gasteiger partial charge in [0.1, 0.15) is 0 Å². The minimum Gasteiger partial charge on any atom is -0.294 e. The van der Waals surface area contributed by atoms with Gasteiger partial charge in [-0.25, -0.2) is 4.98 Å². The Morgan fingerprint density at radius 1 is 1.80 bits per heavy atom. The predicted octanol–water partition coefficient (Wildman–Crippen LogP) is 0.903. The standard InChI is InChI=1S/C5H3ClN2O2/c6-5(10)8-2-1-7-4(8)3-9/h1-3H. The molecule has 0 N–H and O–H groups in total. The van der Waals surface area contributed by atoms with Crippen LogP contribution < -0.4 is 0 Å². The molecule has 0 saturated heterocycles. The molecule has 0 amide bonds. The summed E-state index contributed by atoms with van der Waals surface area (Å²) in [6, 6.07) is 0. The Morgan fingerprint density at radius 2 is 2.50 bits per heavy atom. The molecule has 0 atom stereocenters. The van der Waals surface area contributed by atoms with Crippen LogP contribution in [0.3, 0.4) is 0 Å². The molecule has 0 unspecified atom stereocenters. The maximum atomic E-state index is 10.4. The zero-order valence-corrected chi connectivity index (χ0v) is 5.58. The topological polar surface area (TPSA) is 52.0 Å². The van der Waals surface area contributed by atoms with Crippen LogP contribution in [0.5, 0.6) is 0 Å². The molecule has 5 heteroatoms. The molecule has 0 saturated carbocycles. The van der Waals surface area contributed by atoms with Crippen LogP contribution in [0.15, 0.2) is 12.4 Å². The largest absolute Gasteiger partial charge is 0.326 e. The van der Waals surface area contributed by atoms with Crippen molar-refractivity contribution in [1.82, 2.24) is 9.55 Å². The molecule has 0 aromatic carbocycles. The highest BCUT2D eigenvalue weighted by Crippen LogP contribution is 1.96. The van der Waals surface area contributed by atoms with Crippen LogP contribution in [0.4, 0.5) is 4.79 Å². The van der Waals surface area contributed by atoms with Gasteiger partial charge in [0, 0.05) is 12.4 Å². The molecule has 1 heterocycles. The minimum atomic E-state index is -0.736. The van der Waals surface area contributed by atoms with E-state index in [-0.39, 0.29) is 5.82 Å². The number of aromatic nitrogens is 2. The van der Waals surface area contributed by atoms with Crippen molar-refractivity contribution in [3.63, 3.8) is 0 Å². The normalized spacial score (nSPS) is 9.30. The Bertz CT molecular complexity index is 268. The van der Waals surface area contributed by atoms with Crippen LogP contribution in [0, 0.1) is 0 Å². The molecule has 10 heavy (non-hydrogen) atoms. The first-order chi connectivity index (χ1) is 4.75. The minimum absolute atomic E-state index is 0.0139. The van der Waals surface area contributed by atoms with Crippen molar-refractivity contribution in [2.24, 2.45) is 0 Å². The molecule has 0 aliphatic heterocycles. The fourth-order valence-electron chi connectivity index (χ4n) is 0.551. The second-order valence-electron chi connectivity index (χ2n) is 1.53. The summed E-state index contributed by atoms with van der Waals surface area (Å²) in [5.74, 6) is 0.0139. The number of carbonyl (C=O) groups is 2. The quantitative estimate of drug-likeness (QED) is 0.451. The van der Waals surface area contributed by atoms with E-state index in [1.54, 1.807) is 0 Å². The Balaban J connectivity index is 3.13. The predicted molar refractivity (Wildman–Crippen MR) is 34.3 cm³/mol. The van der Waals surface area contributed by atoms with Crippen LogP contribution in [-0.4, -0.2) is 21.2 Å². The van der Waals surface area contributed by atoms with Gasteiger partial charge in [-0.2, -0.15) is 0 Å². The number of imidazole rings is 1. The molecule has 0 spiro atoms. The van der Waals surface area contributed by atoms with E-state index in [0.717, 1.165) is 4.57 Å². The molecule has 4 nitrogen and oxygen atoms in total. The fourth-order valence-corrected chi connectivity index (χ4v) is 0.694. The molecular weight excluding hydrogens is 156 g/mol. The average Bonchev–Trinajstić information content (AvgIpc) is 2.33. The zero-order valence-electron chi connectivity index (χ0n) is 4.82. The van der Waals surface area contributed by atoms with E-state index in [9.17, 15) is 9.59 Å². The van der Waals surface area contributed by atoms with Crippen LogP contribution in [0.2, 0.25) is 0 Å². The number of nitrogens with zero attached hydrogens (tertiary/aromatic N) is 2. The highest BCUT2D eigenvalue weighted by Gasteiger charge is 2.04. The first-order valence-electron chi connectivity index (χ1n) is 2.44. The Morgan fingerprint density at radius 3 is 2.90 bits per heavy atom. The lowest BCUT2D eigenvalue weighted by Crippen LogP contribution is -2.04. The van der Waals surface area contributed by atoms with Gasteiger partial charge in [0.05, 0.1) is 0 Å². The van der Waals surface area contributed by atoms with E-state index < -0.39 is 5.37 Å². The van der Waals surface area contributed by atoms with E-state index in [2.05, 4.69) is 4.98 Å². The summed E-state index contributed by atoms with van der Waals surface area (Å²) in [5.41, 5.74) is 0. The number of hydrogen-bond acceptors (Lipinski definition) is 3. The summed E-state index contributed by atoms with van der Waals surface area (Å²) >= 11 is 5.05. The van der Waals surface area contributed by atoms with Crippen LogP contribution in [-0.2, 0) is 0 Å². The molecule has 1 aromatic heterocycles. The van der Waals surface area contributed by atoms with Gasteiger partial charge in [0.15, 0.2) is 12.1 Å². The summed E-state index contributed by atoms with van der Waals surface area (Å²) in [6.07, 6.45) is 3.10. The van der Waals surface area contributed by atoms with Gasteiger partial charge in [-0.3, -0.25) is 14.2 Å². The molecule has 52 valence electrons. The Hall–Kier alpha value is -1.16. The third kappa shape index (κ3) is 1.06. The summed E-state index contributed by atoms with van der Waals surface area (Å²) < 4.78 is 0.953. The monoisotopic (exact) mass is 158 g/mol. The first kappa shape index (κ1) is 6.95. The molecule has 0 fully saturated rings. The van der Waals surface area contributed by atoms with Gasteiger partial charge < -0.3 is 0 Å². The Labute approximate surface area is 61.4 Å². The van der Waals surface area contributed by atoms with Crippen LogP contribution in [0.1, 0.15) is 10.6 Å². The summed E-state index contributed by atoms with van der Waals surface area (Å²) in [7, 11) is 0. The number of aldehydes is 1. The first-order valence-corrected chi connectivity index (χ1v) is 2.82. The third-order valence-corrected chi connectivity index (χ3v) is 1.15. The van der Waals surface area contributed by atoms with E-state index in [0.29, 0.717) is 6.29 Å². The van der Waals surface area contributed by atoms with Crippen molar-refractivity contribution in [2.75, 3.05) is 0 Å². The number of carbonyl (C=O) groups excluding carboxylic acids is 2. The van der Waals surface area contributed by atoms with E-state index in [1.807, 2.05) is 0 Å². The van der Waals surface area contributed by atoms with Crippen LogP contribution in [0.25, 0.3) is 0 Å². The van der Waals surface area contributed by atoms with Gasteiger partial charge >= 0.3 is 5.37 Å². The second-order valence-corrected chi connectivity index (χ2v) is 1.85. The third-order valence-electron chi connectivity index (χ3n) is 0.964. The summed E-state index contributed by atoms with van der Waals surface area (Å²) in [4.78, 5) is 24.1. The molecule has 0 aliphatic carbocycles. The van der Waals surface area contributed by atoms with E-state index in [4.69, 9.17) is 11.6 Å². The van der Waals surface area contributed by atoms with Gasteiger partial charge in [-0.1, -0.05) is 0 Å². The summed E-state index contributed by atoms with van der Waals surface area (Å²) in [6.45, 7) is 0. The van der Waals surface area contributed by atoms with Crippen molar-refractivity contribution in [2.45, 2.75) is 0 Å². The lowest BCUT2D eigenvalue weighted by molar-refractivity contribution is 0.111. The van der Waals surface area contributed by atoms with E-state index >= 15 is 0 Å². The second kappa shape index (κ2) is 2.62. The highest BCUT2D eigenvalue weighted by molar-refractivity contribution is 6.63. The molecule has 1 rings (SSSR count). The van der Waals surface area contributed by atoms with E-state index in [1.165, 1.54) is 12.4 Å². The fraction of sp³-hybridized carbons (Fsp3) is 0. The molecule has 0 bridgehead atoms. The van der Waals surface area contributed by atoms with Crippen LogP contribution >= 0.6 is 11.6 Å². The highest BCUT2D eigenvalue weighted by atomic mass is 35.5. The lowest BCUT2D eigenvalue weighted by Gasteiger charge is -1.91. The summed E-state index contributed by atoms with van der Waals surface area (Å²) in [5, 5.41) is -0.736. The average molecular weight is 159 g/mol. The molecule has 1 aromatic rings. The van der Waals surface area contributed by atoms with Crippen molar-refractivity contribution in [1.29, 1.82) is 0 Å². The van der Waals surface area contributed by atoms with Crippen molar-refractivity contribution in [3.8, 4) is 0 Å². The smallest absolute Gasteiger partial charge is 0.294 e. The number of hydrogen-bond donors (Lipinski definition) is 0. The number of halogens is 1. The maximum Gasteiger partial charge on any atom is 0.326 e. The van der Waals surface area contributed by atoms with Crippen molar-refractivity contribution >= 4 is 23.3 Å². The van der Waals surface area contributed by atoms with Gasteiger partial charge in [0.2, 0.25) is 0 Å². The SMILES string of the molecule is O=Cc1nccn1C(=O)Cl. The van der Waals surface area contributed by atoms with Crippen molar-refractivity contribution < 1.29 is 9.59 Å². The lowest BCUT2D eigenvalue weighted by atomic mass is 10.7. The maximum absolute atomic E-state index is 10.4. The van der Waals surface area contributed by atoms with Gasteiger partial charge in [-0.15, -0.1) is 0 Å². The molecule has 0 aliphatic rings. The molecular formula is C5H3ClN2O2. The van der Waals surface area contributed by atoms with Gasteiger partial charge in [0.25, 0.3) is 0 Å². The molecule has 0 radical (unpaired) electrons.